The van der Waals surface area contributed by atoms with Crippen molar-refractivity contribution in [3.05, 3.63) is 47.5 Å². The van der Waals surface area contributed by atoms with Crippen molar-refractivity contribution in [2.75, 3.05) is 13.2 Å². The number of phenols is 2. The van der Waals surface area contributed by atoms with E-state index >= 15 is 0 Å². The van der Waals surface area contributed by atoms with Crippen LogP contribution in [0.1, 0.15) is 11.1 Å². The summed E-state index contributed by atoms with van der Waals surface area (Å²) in [6, 6.07) is 8.62. The summed E-state index contributed by atoms with van der Waals surface area (Å²) in [5, 5.41) is 99.5. The van der Waals surface area contributed by atoms with Crippen molar-refractivity contribution in [3.8, 4) is 23.0 Å². The van der Waals surface area contributed by atoms with Gasteiger partial charge in [-0.2, -0.15) is 0 Å². The number of rotatable bonds is 8. The Hall–Kier alpha value is -3.02. The lowest BCUT2D eigenvalue weighted by Crippen LogP contribution is -2.60. The molecule has 220 valence electrons. The smallest absolute Gasteiger partial charge is 0.229 e. The number of benzene rings is 2. The molecule has 2 aromatic rings. The molecule has 4 rings (SSSR count). The number of aliphatic hydroxyl groups is 8. The van der Waals surface area contributed by atoms with Gasteiger partial charge in [-0.1, -0.05) is 24.3 Å². The van der Waals surface area contributed by atoms with E-state index in [1.807, 2.05) is 0 Å². The van der Waals surface area contributed by atoms with Crippen molar-refractivity contribution in [2.45, 2.75) is 61.4 Å². The fraction of sp³-hybridized carbons (Fsp3) is 0.462. The number of aromatic hydroxyl groups is 2. The Kier molecular flexibility index (Phi) is 9.48. The van der Waals surface area contributed by atoms with E-state index < -0.39 is 80.4 Å². The van der Waals surface area contributed by atoms with Crippen molar-refractivity contribution in [3.63, 3.8) is 0 Å². The molecule has 0 bridgehead atoms. The van der Waals surface area contributed by atoms with E-state index in [0.29, 0.717) is 5.56 Å². The maximum atomic E-state index is 10.5. The van der Waals surface area contributed by atoms with Crippen molar-refractivity contribution in [1.82, 2.24) is 0 Å². The zero-order valence-electron chi connectivity index (χ0n) is 20.9. The molecule has 2 fully saturated rings. The zero-order chi connectivity index (χ0) is 29.1. The Bertz CT molecular complexity index is 1170. The van der Waals surface area contributed by atoms with Crippen LogP contribution >= 0.6 is 0 Å². The van der Waals surface area contributed by atoms with E-state index in [9.17, 15) is 51.1 Å². The molecule has 2 aliphatic rings. The molecule has 0 aromatic heterocycles. The molecule has 0 radical (unpaired) electrons. The molecule has 2 aromatic carbocycles. The van der Waals surface area contributed by atoms with Gasteiger partial charge in [0.2, 0.25) is 12.6 Å². The molecule has 0 amide bonds. The Morgan fingerprint density at radius 3 is 1.80 bits per heavy atom. The van der Waals surface area contributed by atoms with Gasteiger partial charge in [0.15, 0.2) is 11.5 Å². The number of ether oxygens (including phenoxy) is 4. The van der Waals surface area contributed by atoms with Gasteiger partial charge in [0.1, 0.15) is 60.3 Å². The third-order valence-corrected chi connectivity index (χ3v) is 6.61. The van der Waals surface area contributed by atoms with E-state index in [0.717, 1.165) is 6.07 Å². The van der Waals surface area contributed by atoms with Gasteiger partial charge in [0.25, 0.3) is 0 Å². The van der Waals surface area contributed by atoms with E-state index in [4.69, 9.17) is 18.9 Å². The molecule has 0 aliphatic carbocycles. The van der Waals surface area contributed by atoms with E-state index in [1.54, 1.807) is 30.3 Å². The molecule has 14 nitrogen and oxygen atoms in total. The average Bonchev–Trinajstić information content (AvgIpc) is 2.94. The molecule has 0 saturated carbocycles. The summed E-state index contributed by atoms with van der Waals surface area (Å²) in [6.07, 6.45) is -11.9. The van der Waals surface area contributed by atoms with Gasteiger partial charge < -0.3 is 70.0 Å². The largest absolute Gasteiger partial charge is 0.507 e. The monoisotopic (exact) mass is 568 g/mol. The summed E-state index contributed by atoms with van der Waals surface area (Å²) < 4.78 is 21.6. The van der Waals surface area contributed by atoms with Gasteiger partial charge in [0.05, 0.1) is 13.2 Å². The SMILES string of the molecule is OC[C@H]1O[C@@H](Oc2cccc(/C=C/c3cc(O)c(O[C@@H]4O[C@H](CO)[C@@H](O)[C@H](O)[C@H]4O)cc3O)c2)[C@H](O)[C@@H](O)[C@@H]1O. The average molecular weight is 569 g/mol. The van der Waals surface area contributed by atoms with Crippen LogP contribution in [0.4, 0.5) is 0 Å². The van der Waals surface area contributed by atoms with Gasteiger partial charge >= 0.3 is 0 Å². The molecule has 2 heterocycles. The third-order valence-electron chi connectivity index (χ3n) is 6.61. The quantitative estimate of drug-likeness (QED) is 0.118. The first-order valence-corrected chi connectivity index (χ1v) is 12.3. The number of hydrogen-bond acceptors (Lipinski definition) is 14. The predicted octanol–water partition coefficient (Wildman–Crippen LogP) is -2.37. The lowest BCUT2D eigenvalue weighted by Gasteiger charge is -2.39. The Labute approximate surface area is 227 Å². The van der Waals surface area contributed by atoms with Crippen LogP contribution in [-0.2, 0) is 9.47 Å². The van der Waals surface area contributed by atoms with Crippen molar-refractivity contribution in [2.24, 2.45) is 0 Å². The van der Waals surface area contributed by atoms with Crippen molar-refractivity contribution >= 4 is 12.2 Å². The lowest BCUT2D eigenvalue weighted by molar-refractivity contribution is -0.277. The van der Waals surface area contributed by atoms with Crippen LogP contribution in [0.15, 0.2) is 36.4 Å². The molecular formula is C26H32O14. The molecule has 10 N–H and O–H groups in total. The van der Waals surface area contributed by atoms with Gasteiger partial charge in [0, 0.05) is 11.6 Å². The fourth-order valence-electron chi connectivity index (χ4n) is 4.27. The van der Waals surface area contributed by atoms with Crippen LogP contribution in [0, 0.1) is 0 Å². The summed E-state index contributed by atoms with van der Waals surface area (Å²) in [5.74, 6) is -0.854. The minimum Gasteiger partial charge on any atom is -0.507 e. The van der Waals surface area contributed by atoms with Crippen molar-refractivity contribution in [1.29, 1.82) is 0 Å². The van der Waals surface area contributed by atoms with Gasteiger partial charge in [-0.3, -0.25) is 0 Å². The summed E-state index contributed by atoms with van der Waals surface area (Å²) in [5.41, 5.74) is 0.724. The Balaban J connectivity index is 1.45. The third kappa shape index (κ3) is 6.31. The molecule has 0 spiro atoms. The van der Waals surface area contributed by atoms with Crippen LogP contribution < -0.4 is 9.47 Å². The number of aliphatic hydroxyl groups excluding tert-OH is 8. The van der Waals surface area contributed by atoms with Crippen LogP contribution in [0.2, 0.25) is 0 Å². The van der Waals surface area contributed by atoms with E-state index in [-0.39, 0.29) is 22.8 Å². The second-order valence-electron chi connectivity index (χ2n) is 9.41. The summed E-state index contributed by atoms with van der Waals surface area (Å²) in [4.78, 5) is 0. The topological polar surface area (TPSA) is 239 Å². The first-order chi connectivity index (χ1) is 19.0. The Morgan fingerprint density at radius 2 is 1.23 bits per heavy atom. The molecular weight excluding hydrogens is 536 g/mol. The lowest BCUT2D eigenvalue weighted by atomic mass is 9.99. The molecule has 2 saturated heterocycles. The highest BCUT2D eigenvalue weighted by molar-refractivity contribution is 5.74. The van der Waals surface area contributed by atoms with Crippen LogP contribution in [0.3, 0.4) is 0 Å². The molecule has 40 heavy (non-hydrogen) atoms. The highest BCUT2D eigenvalue weighted by atomic mass is 16.7. The molecule has 2 aliphatic heterocycles. The second-order valence-corrected chi connectivity index (χ2v) is 9.41. The normalized spacial score (nSPS) is 34.6. The summed E-state index contributed by atoms with van der Waals surface area (Å²) in [6.45, 7) is -1.27. The second kappa shape index (κ2) is 12.7. The van der Waals surface area contributed by atoms with Gasteiger partial charge in [-0.15, -0.1) is 0 Å². The highest BCUT2D eigenvalue weighted by Crippen LogP contribution is 2.36. The zero-order valence-corrected chi connectivity index (χ0v) is 20.9. The highest BCUT2D eigenvalue weighted by Gasteiger charge is 2.46. The fourth-order valence-corrected chi connectivity index (χ4v) is 4.27. The van der Waals surface area contributed by atoms with Crippen LogP contribution in [0.5, 0.6) is 23.0 Å². The van der Waals surface area contributed by atoms with E-state index in [2.05, 4.69) is 0 Å². The number of hydrogen-bond donors (Lipinski definition) is 10. The minimum absolute atomic E-state index is 0.166. The minimum atomic E-state index is -1.71. The maximum absolute atomic E-state index is 10.5. The molecule has 0 unspecified atom stereocenters. The summed E-state index contributed by atoms with van der Waals surface area (Å²) in [7, 11) is 0. The number of phenolic OH excluding ortho intramolecular Hbond substituents is 2. The van der Waals surface area contributed by atoms with Gasteiger partial charge in [-0.05, 0) is 23.8 Å². The first kappa shape index (κ1) is 30.0. The predicted molar refractivity (Wildman–Crippen MR) is 134 cm³/mol. The first-order valence-electron chi connectivity index (χ1n) is 12.3. The van der Waals surface area contributed by atoms with Gasteiger partial charge in [-0.25, -0.2) is 0 Å². The Morgan fingerprint density at radius 1 is 0.650 bits per heavy atom. The van der Waals surface area contributed by atoms with E-state index in [1.165, 1.54) is 12.1 Å². The molecule has 10 atom stereocenters. The van der Waals surface area contributed by atoms with Crippen LogP contribution in [0.25, 0.3) is 12.2 Å². The maximum Gasteiger partial charge on any atom is 0.229 e. The van der Waals surface area contributed by atoms with Crippen molar-refractivity contribution < 1.29 is 70.0 Å². The summed E-state index contributed by atoms with van der Waals surface area (Å²) >= 11 is 0. The standard InChI is InChI=1S/C26H32O14/c27-9-17-19(31)21(33)23(35)25(39-17)37-13-3-1-2-11(6-13)4-5-12-7-15(30)16(8-14(12)29)38-26-24(36)22(34)20(32)18(10-28)40-26/h1-8,17-36H,9-10H2/b5-4+/t17-,18-,19-,20-,21+,22+,23-,24-,25-,26-/m1/s1. The molecule has 14 heteroatoms. The van der Waals surface area contributed by atoms with Crippen LogP contribution in [-0.4, -0.2) is 126 Å².